The predicted octanol–water partition coefficient (Wildman–Crippen LogP) is 3.83. The van der Waals surface area contributed by atoms with Gasteiger partial charge < -0.3 is 19.8 Å². The lowest BCUT2D eigenvalue weighted by Crippen LogP contribution is -2.20. The van der Waals surface area contributed by atoms with Crippen LogP contribution in [0.15, 0.2) is 90.0 Å². The van der Waals surface area contributed by atoms with Gasteiger partial charge in [0.25, 0.3) is 5.56 Å². The molecule has 5 rings (SSSR count). The van der Waals surface area contributed by atoms with Crippen LogP contribution in [0.5, 0.6) is 11.5 Å². The first-order valence-electron chi connectivity index (χ1n) is 10.5. The van der Waals surface area contributed by atoms with Crippen molar-refractivity contribution in [3.05, 3.63) is 107 Å². The number of nitrogens with one attached hydrogen (secondary N) is 3. The summed E-state index contributed by atoms with van der Waals surface area (Å²) < 4.78 is 11.0. The number of hydrogen-bond acceptors (Lipinski definition) is 8. The highest BCUT2D eigenvalue weighted by Crippen LogP contribution is 2.26. The Kier molecular flexibility index (Phi) is 5.75. The number of carbonyl (C=O) groups excluding carboxylic acids is 2. The van der Waals surface area contributed by atoms with Gasteiger partial charge >= 0.3 is 11.9 Å². The van der Waals surface area contributed by atoms with E-state index in [4.69, 9.17) is 9.47 Å². The van der Waals surface area contributed by atoms with Gasteiger partial charge in [-0.2, -0.15) is 4.98 Å². The minimum absolute atomic E-state index is 0.0249. The van der Waals surface area contributed by atoms with E-state index in [1.54, 1.807) is 72.8 Å². The molecule has 0 fully saturated rings. The Bertz CT molecular complexity index is 1580. The number of benzene rings is 3. The molecule has 3 aromatic carbocycles. The van der Waals surface area contributed by atoms with E-state index in [9.17, 15) is 14.4 Å². The van der Waals surface area contributed by atoms with Crippen LogP contribution in [0.1, 0.15) is 20.7 Å². The van der Waals surface area contributed by atoms with Crippen molar-refractivity contribution in [2.24, 2.45) is 0 Å². The van der Waals surface area contributed by atoms with E-state index in [1.165, 1.54) is 12.4 Å². The number of aromatic nitrogens is 4. The zero-order valence-corrected chi connectivity index (χ0v) is 18.0. The van der Waals surface area contributed by atoms with E-state index in [1.807, 2.05) is 0 Å². The molecule has 35 heavy (non-hydrogen) atoms. The van der Waals surface area contributed by atoms with Gasteiger partial charge in [0.15, 0.2) is 11.2 Å². The Morgan fingerprint density at radius 1 is 0.800 bits per heavy atom. The Morgan fingerprint density at radius 3 is 2.14 bits per heavy atom. The van der Waals surface area contributed by atoms with Crippen LogP contribution < -0.4 is 20.3 Å². The summed E-state index contributed by atoms with van der Waals surface area (Å²) in [6, 6.07) is 21.5. The lowest BCUT2D eigenvalue weighted by Gasteiger charge is -2.15. The molecule has 2 aromatic heterocycles. The molecule has 0 spiro atoms. The summed E-state index contributed by atoms with van der Waals surface area (Å²) in [5, 5.41) is 2.89. The fraction of sp³-hybridized carbons (Fsp3) is 0. The number of ether oxygens (including phenoxy) is 2. The van der Waals surface area contributed by atoms with Crippen molar-refractivity contribution in [3.8, 4) is 11.5 Å². The Hall–Kier alpha value is -5.25. The van der Waals surface area contributed by atoms with Crippen LogP contribution in [0.2, 0.25) is 0 Å². The van der Waals surface area contributed by atoms with Gasteiger partial charge in [-0.3, -0.25) is 9.78 Å². The molecule has 172 valence electrons. The lowest BCUT2D eigenvalue weighted by atomic mass is 10.0. The number of anilines is 2. The summed E-state index contributed by atoms with van der Waals surface area (Å²) in [6.07, 6.45) is 1.35. The largest absolute Gasteiger partial charge is 0.423 e. The molecule has 10 heteroatoms. The van der Waals surface area contributed by atoms with Gasteiger partial charge in [0.1, 0.15) is 11.5 Å². The summed E-state index contributed by atoms with van der Waals surface area (Å²) in [5.41, 5.74) is -0.0247. The predicted molar refractivity (Wildman–Crippen MR) is 127 cm³/mol. The van der Waals surface area contributed by atoms with E-state index in [2.05, 4.69) is 25.3 Å². The molecular formula is C25H17N5O5. The van der Waals surface area contributed by atoms with Crippen LogP contribution in [0, 0.1) is 0 Å². The summed E-state index contributed by atoms with van der Waals surface area (Å²) >= 11 is 0. The van der Waals surface area contributed by atoms with Gasteiger partial charge in [0, 0.05) is 0 Å². The number of H-pyrrole nitrogens is 2. The van der Waals surface area contributed by atoms with Crippen molar-refractivity contribution >= 4 is 34.7 Å². The fourth-order valence-corrected chi connectivity index (χ4v) is 3.37. The molecule has 0 saturated heterocycles. The maximum Gasteiger partial charge on any atom is 0.346 e. The van der Waals surface area contributed by atoms with Crippen LogP contribution in [-0.4, -0.2) is 31.9 Å². The smallest absolute Gasteiger partial charge is 0.346 e. The number of rotatable bonds is 6. The van der Waals surface area contributed by atoms with E-state index >= 15 is 0 Å². The number of carbonyl (C=O) groups is 2. The third-order valence-corrected chi connectivity index (χ3v) is 4.95. The maximum atomic E-state index is 13.3. The minimum atomic E-state index is -0.803. The topological polar surface area (TPSA) is 139 Å². The third kappa shape index (κ3) is 4.62. The standard InChI is InChI=1S/C25H17N5O5/c31-22-20-21(27-14-26-20)29-25(30-22)28-18-13-7-12-17(23(32)34-15-8-3-1-4-9-15)19(18)24(33)35-16-10-5-2-6-11-16/h1-14H,(H3,26,27,28,29,30,31). The van der Waals surface area contributed by atoms with E-state index in [0.29, 0.717) is 11.5 Å². The first-order chi connectivity index (χ1) is 17.1. The highest BCUT2D eigenvalue weighted by molar-refractivity contribution is 6.08. The third-order valence-electron chi connectivity index (χ3n) is 4.95. The quantitative estimate of drug-likeness (QED) is 0.253. The second-order valence-corrected chi connectivity index (χ2v) is 7.27. The van der Waals surface area contributed by atoms with Crippen LogP contribution >= 0.6 is 0 Å². The van der Waals surface area contributed by atoms with Gasteiger partial charge in [-0.1, -0.05) is 42.5 Å². The molecule has 0 atom stereocenters. The molecule has 0 amide bonds. The van der Waals surface area contributed by atoms with E-state index in [-0.39, 0.29) is 33.9 Å². The van der Waals surface area contributed by atoms with E-state index in [0.717, 1.165) is 0 Å². The minimum Gasteiger partial charge on any atom is -0.423 e. The zero-order chi connectivity index (χ0) is 24.2. The fourth-order valence-electron chi connectivity index (χ4n) is 3.37. The average molecular weight is 467 g/mol. The molecule has 0 aliphatic heterocycles. The zero-order valence-electron chi connectivity index (χ0n) is 18.0. The van der Waals surface area contributed by atoms with Crippen molar-refractivity contribution in [3.63, 3.8) is 0 Å². The molecule has 0 aliphatic carbocycles. The van der Waals surface area contributed by atoms with Gasteiger partial charge in [-0.15, -0.1) is 0 Å². The van der Waals surface area contributed by atoms with Gasteiger partial charge in [-0.25, -0.2) is 14.6 Å². The first kappa shape index (κ1) is 21.6. The molecule has 0 radical (unpaired) electrons. The SMILES string of the molecule is O=C(Oc1ccccc1)c1cccc(Nc2nc3nc[nH]c3c(=O)[nH]2)c1C(=O)Oc1ccccc1. The van der Waals surface area contributed by atoms with Crippen LogP contribution in [0.3, 0.4) is 0 Å². The summed E-state index contributed by atoms with van der Waals surface area (Å²) in [4.78, 5) is 52.1. The Morgan fingerprint density at radius 2 is 1.46 bits per heavy atom. The van der Waals surface area contributed by atoms with Gasteiger partial charge in [-0.05, 0) is 36.4 Å². The molecule has 10 nitrogen and oxygen atoms in total. The van der Waals surface area contributed by atoms with E-state index < -0.39 is 17.5 Å². The Labute approximate surface area is 197 Å². The summed E-state index contributed by atoms with van der Waals surface area (Å²) in [5.74, 6) is -0.934. The number of esters is 2. The van der Waals surface area contributed by atoms with Crippen LogP contribution in [0.25, 0.3) is 11.2 Å². The van der Waals surface area contributed by atoms with Crippen molar-refractivity contribution in [1.82, 2.24) is 19.9 Å². The van der Waals surface area contributed by atoms with Crippen molar-refractivity contribution in [1.29, 1.82) is 0 Å². The second-order valence-electron chi connectivity index (χ2n) is 7.27. The van der Waals surface area contributed by atoms with Crippen molar-refractivity contribution in [2.45, 2.75) is 0 Å². The molecule has 5 aromatic rings. The second kappa shape index (κ2) is 9.32. The van der Waals surface area contributed by atoms with Crippen molar-refractivity contribution in [2.75, 3.05) is 5.32 Å². The van der Waals surface area contributed by atoms with Crippen LogP contribution in [-0.2, 0) is 0 Å². The summed E-state index contributed by atoms with van der Waals surface area (Å²) in [7, 11) is 0. The van der Waals surface area contributed by atoms with Crippen molar-refractivity contribution < 1.29 is 19.1 Å². The van der Waals surface area contributed by atoms with Gasteiger partial charge in [0.05, 0.1) is 23.1 Å². The van der Waals surface area contributed by atoms with Gasteiger partial charge in [0.2, 0.25) is 5.95 Å². The monoisotopic (exact) mass is 467 g/mol. The van der Waals surface area contributed by atoms with Crippen LogP contribution in [0.4, 0.5) is 11.6 Å². The maximum absolute atomic E-state index is 13.3. The highest BCUT2D eigenvalue weighted by atomic mass is 16.5. The number of hydrogen-bond donors (Lipinski definition) is 3. The molecule has 3 N–H and O–H groups in total. The number of imidazole rings is 1. The normalized spacial score (nSPS) is 10.6. The number of para-hydroxylation sites is 2. The molecule has 2 heterocycles. The summed E-state index contributed by atoms with van der Waals surface area (Å²) in [6.45, 7) is 0. The molecule has 0 aliphatic rings. The number of nitrogens with zero attached hydrogens (tertiary/aromatic N) is 2. The number of aromatic amines is 2. The molecule has 0 bridgehead atoms. The Balaban J connectivity index is 1.55. The average Bonchev–Trinajstić information content (AvgIpc) is 3.34. The molecule has 0 unspecified atom stereocenters. The first-order valence-corrected chi connectivity index (χ1v) is 10.5. The highest BCUT2D eigenvalue weighted by Gasteiger charge is 2.25. The number of fused-ring (bicyclic) bond motifs is 1. The molecule has 0 saturated carbocycles. The lowest BCUT2D eigenvalue weighted by molar-refractivity contribution is 0.0693. The molecular weight excluding hydrogens is 450 g/mol.